The van der Waals surface area contributed by atoms with Crippen LogP contribution < -0.4 is 5.56 Å². The highest BCUT2D eigenvalue weighted by molar-refractivity contribution is 5.83. The Hall–Kier alpha value is -2.61. The molecule has 0 aromatic carbocycles. The number of aryl methyl sites for hydroxylation is 1. The zero-order valence-electron chi connectivity index (χ0n) is 18.4. The minimum atomic E-state index is -0.580. The van der Waals surface area contributed by atoms with Gasteiger partial charge < -0.3 is 14.2 Å². The highest BCUT2D eigenvalue weighted by Crippen LogP contribution is 2.24. The van der Waals surface area contributed by atoms with Crippen LogP contribution in [0.25, 0.3) is 16.6 Å². The van der Waals surface area contributed by atoms with Crippen LogP contribution in [0.2, 0.25) is 0 Å². The predicted molar refractivity (Wildman–Crippen MR) is 118 cm³/mol. The number of carbonyl (C=O) groups is 1. The van der Waals surface area contributed by atoms with Gasteiger partial charge in [-0.25, -0.2) is 4.68 Å². The average Bonchev–Trinajstić information content (AvgIpc) is 3.40. The molecular weight excluding hydrogens is 394 g/mol. The fourth-order valence-electron chi connectivity index (χ4n) is 5.40. The SMILES string of the molecule is CCC(C(=O)N1CCC(N2CCCCC2)CC1)n1nc(C)n2c(cc3occc32)c1=O. The Balaban J connectivity index is 1.38. The first-order valence-corrected chi connectivity index (χ1v) is 11.6. The minimum absolute atomic E-state index is 0.00758. The molecule has 8 nitrogen and oxygen atoms in total. The normalized spacial score (nSPS) is 20.0. The number of rotatable bonds is 4. The Morgan fingerprint density at radius 2 is 1.90 bits per heavy atom. The topological polar surface area (TPSA) is 76.0 Å². The second-order valence-electron chi connectivity index (χ2n) is 8.91. The zero-order valence-corrected chi connectivity index (χ0v) is 18.4. The Labute approximate surface area is 181 Å². The molecule has 1 amide bonds. The van der Waals surface area contributed by atoms with E-state index in [-0.39, 0.29) is 11.5 Å². The van der Waals surface area contributed by atoms with Crippen LogP contribution in [0.4, 0.5) is 0 Å². The van der Waals surface area contributed by atoms with Crippen molar-refractivity contribution in [2.75, 3.05) is 26.2 Å². The van der Waals surface area contributed by atoms with Gasteiger partial charge in [-0.2, -0.15) is 5.10 Å². The van der Waals surface area contributed by atoms with Crippen molar-refractivity contribution >= 4 is 22.5 Å². The number of nitrogens with zero attached hydrogens (tertiary/aromatic N) is 5. The van der Waals surface area contributed by atoms with Gasteiger partial charge in [-0.15, -0.1) is 0 Å². The lowest BCUT2D eigenvalue weighted by Crippen LogP contribution is -2.50. The van der Waals surface area contributed by atoms with Crippen LogP contribution in [-0.4, -0.2) is 62.1 Å². The van der Waals surface area contributed by atoms with E-state index >= 15 is 0 Å². The number of furan rings is 1. The van der Waals surface area contributed by atoms with E-state index in [1.807, 2.05) is 24.8 Å². The van der Waals surface area contributed by atoms with Gasteiger partial charge in [0, 0.05) is 31.3 Å². The third kappa shape index (κ3) is 3.46. The summed E-state index contributed by atoms with van der Waals surface area (Å²) in [7, 11) is 0. The number of carbonyl (C=O) groups excluding carboxylic acids is 1. The minimum Gasteiger partial charge on any atom is -0.463 e. The number of hydrogen-bond acceptors (Lipinski definition) is 5. The highest BCUT2D eigenvalue weighted by atomic mass is 16.3. The van der Waals surface area contributed by atoms with Crippen LogP contribution in [0.5, 0.6) is 0 Å². The molecule has 3 aromatic heterocycles. The van der Waals surface area contributed by atoms with E-state index in [1.165, 1.54) is 37.0 Å². The summed E-state index contributed by atoms with van der Waals surface area (Å²) in [5.74, 6) is 0.675. The van der Waals surface area contributed by atoms with Gasteiger partial charge in [-0.3, -0.25) is 14.0 Å². The number of hydrogen-bond donors (Lipinski definition) is 0. The molecule has 5 rings (SSSR count). The first-order valence-electron chi connectivity index (χ1n) is 11.6. The summed E-state index contributed by atoms with van der Waals surface area (Å²) in [6.07, 6.45) is 8.08. The van der Waals surface area contributed by atoms with Crippen LogP contribution in [0.15, 0.2) is 27.6 Å². The number of aromatic nitrogens is 3. The molecule has 5 heterocycles. The summed E-state index contributed by atoms with van der Waals surface area (Å²) in [6, 6.07) is 3.57. The van der Waals surface area contributed by atoms with Gasteiger partial charge in [0.15, 0.2) is 5.58 Å². The summed E-state index contributed by atoms with van der Waals surface area (Å²) in [6.45, 7) is 7.69. The molecule has 0 bridgehead atoms. The summed E-state index contributed by atoms with van der Waals surface area (Å²) >= 11 is 0. The Kier molecular flexibility index (Phi) is 5.33. The van der Waals surface area contributed by atoms with E-state index < -0.39 is 6.04 Å². The molecule has 0 N–H and O–H groups in total. The third-order valence-electron chi connectivity index (χ3n) is 7.08. The number of piperidine rings is 2. The van der Waals surface area contributed by atoms with Crippen LogP contribution in [-0.2, 0) is 4.79 Å². The monoisotopic (exact) mass is 425 g/mol. The fraction of sp³-hybridized carbons (Fsp3) is 0.609. The molecule has 2 aliphatic heterocycles. The van der Waals surface area contributed by atoms with Crippen LogP contribution >= 0.6 is 0 Å². The van der Waals surface area contributed by atoms with Crippen molar-refractivity contribution in [3.8, 4) is 0 Å². The first kappa shape index (κ1) is 20.3. The summed E-state index contributed by atoms with van der Waals surface area (Å²) in [5.41, 5.74) is 1.72. The highest BCUT2D eigenvalue weighted by Gasteiger charge is 2.32. The molecule has 166 valence electrons. The van der Waals surface area contributed by atoms with E-state index in [0.29, 0.717) is 29.4 Å². The van der Waals surface area contributed by atoms with Gasteiger partial charge in [0.2, 0.25) is 5.91 Å². The van der Waals surface area contributed by atoms with E-state index in [1.54, 1.807) is 16.7 Å². The maximum Gasteiger partial charge on any atom is 0.291 e. The molecule has 0 saturated carbocycles. The number of likely N-dealkylation sites (tertiary alicyclic amines) is 2. The molecule has 8 heteroatoms. The van der Waals surface area contributed by atoms with Gasteiger partial charge in [0.25, 0.3) is 5.56 Å². The lowest BCUT2D eigenvalue weighted by atomic mass is 9.99. The molecule has 2 aliphatic rings. The van der Waals surface area contributed by atoms with Crippen molar-refractivity contribution in [1.82, 2.24) is 24.0 Å². The number of fused-ring (bicyclic) bond motifs is 3. The molecule has 1 atom stereocenters. The van der Waals surface area contributed by atoms with Crippen molar-refractivity contribution < 1.29 is 9.21 Å². The van der Waals surface area contributed by atoms with Crippen molar-refractivity contribution in [2.45, 2.75) is 64.5 Å². The molecule has 1 unspecified atom stereocenters. The molecular formula is C23H31N5O3. The molecule has 0 radical (unpaired) electrons. The summed E-state index contributed by atoms with van der Waals surface area (Å²) in [5, 5.41) is 4.55. The maximum atomic E-state index is 13.4. The molecule has 0 aliphatic carbocycles. The van der Waals surface area contributed by atoms with Crippen LogP contribution in [0.1, 0.15) is 57.3 Å². The summed E-state index contributed by atoms with van der Waals surface area (Å²) in [4.78, 5) is 31.2. The first-order chi connectivity index (χ1) is 15.1. The summed E-state index contributed by atoms with van der Waals surface area (Å²) < 4.78 is 8.66. The Morgan fingerprint density at radius 1 is 1.16 bits per heavy atom. The van der Waals surface area contributed by atoms with E-state index in [9.17, 15) is 9.59 Å². The molecule has 31 heavy (non-hydrogen) atoms. The lowest BCUT2D eigenvalue weighted by Gasteiger charge is -2.41. The smallest absolute Gasteiger partial charge is 0.291 e. The van der Waals surface area contributed by atoms with Crippen LogP contribution in [0, 0.1) is 6.92 Å². The molecule has 2 fully saturated rings. The maximum absolute atomic E-state index is 13.4. The number of amides is 1. The van der Waals surface area contributed by atoms with Crippen LogP contribution in [0.3, 0.4) is 0 Å². The second-order valence-corrected chi connectivity index (χ2v) is 8.91. The quantitative estimate of drug-likeness (QED) is 0.642. The van der Waals surface area contributed by atoms with Gasteiger partial charge in [-0.1, -0.05) is 13.3 Å². The van der Waals surface area contributed by atoms with Crippen molar-refractivity contribution in [3.05, 3.63) is 34.6 Å². The molecule has 3 aromatic rings. The predicted octanol–water partition coefficient (Wildman–Crippen LogP) is 2.98. The molecule has 0 spiro atoms. The van der Waals surface area contributed by atoms with Crippen molar-refractivity contribution in [2.24, 2.45) is 0 Å². The van der Waals surface area contributed by atoms with E-state index in [2.05, 4.69) is 10.00 Å². The second kappa shape index (κ2) is 8.15. The Morgan fingerprint density at radius 3 is 2.61 bits per heavy atom. The average molecular weight is 426 g/mol. The van der Waals surface area contributed by atoms with E-state index in [4.69, 9.17) is 4.42 Å². The van der Waals surface area contributed by atoms with Gasteiger partial charge in [0.05, 0.1) is 11.8 Å². The van der Waals surface area contributed by atoms with Crippen molar-refractivity contribution in [1.29, 1.82) is 0 Å². The third-order valence-corrected chi connectivity index (χ3v) is 7.08. The molecule has 2 saturated heterocycles. The van der Waals surface area contributed by atoms with Gasteiger partial charge in [0.1, 0.15) is 17.4 Å². The van der Waals surface area contributed by atoms with Gasteiger partial charge >= 0.3 is 0 Å². The lowest BCUT2D eigenvalue weighted by molar-refractivity contribution is -0.137. The standard InChI is InChI=1S/C23H31N5O3/c1-3-18(22(29)26-12-7-17(8-13-26)25-10-5-4-6-11-25)28-23(30)20-15-21-19(9-14-31-21)27(20)16(2)24-28/h9,14-15,17-18H,3-8,10-13H2,1-2H3. The van der Waals surface area contributed by atoms with E-state index in [0.717, 1.165) is 31.4 Å². The Bertz CT molecular complexity index is 1150. The zero-order chi connectivity index (χ0) is 21.5. The fourth-order valence-corrected chi connectivity index (χ4v) is 5.40. The largest absolute Gasteiger partial charge is 0.463 e. The van der Waals surface area contributed by atoms with Crippen molar-refractivity contribution in [3.63, 3.8) is 0 Å². The van der Waals surface area contributed by atoms with Gasteiger partial charge in [-0.05, 0) is 52.1 Å².